The third-order valence-corrected chi connectivity index (χ3v) is 6.51. The van der Waals surface area contributed by atoms with Gasteiger partial charge < -0.3 is 4.42 Å². The summed E-state index contributed by atoms with van der Waals surface area (Å²) in [4.78, 5) is 18.7. The van der Waals surface area contributed by atoms with E-state index in [1.165, 1.54) is 11.3 Å². The van der Waals surface area contributed by atoms with Crippen LogP contribution >= 0.6 is 11.3 Å². The van der Waals surface area contributed by atoms with E-state index in [0.717, 1.165) is 28.2 Å². The molecule has 0 aliphatic rings. The Morgan fingerprint density at radius 2 is 1.74 bits per heavy atom. The molecule has 2 aromatic carbocycles. The number of aryl methyl sites for hydroxylation is 1. The number of thiazole rings is 1. The second kappa shape index (κ2) is 8.99. The molecule has 0 N–H and O–H groups in total. The number of nitrogens with zero attached hydrogens (tertiary/aromatic N) is 5. The zero-order valence-corrected chi connectivity index (χ0v) is 19.9. The Morgan fingerprint density at radius 1 is 0.971 bits per heavy atom. The molecular weight excluding hydrogens is 446 g/mol. The summed E-state index contributed by atoms with van der Waals surface area (Å²) >= 11 is 1.40. The van der Waals surface area contributed by atoms with Crippen LogP contribution in [0.4, 0.5) is 5.69 Å². The SMILES string of the molecule is Cc1ccccc1C=Nn1c(-c2ccco2)csc1=Nc1c(C)n(C)n(-c2ccccc2)c1=O. The van der Waals surface area contributed by atoms with E-state index in [-0.39, 0.29) is 5.56 Å². The highest BCUT2D eigenvalue weighted by Crippen LogP contribution is 2.22. The van der Waals surface area contributed by atoms with Crippen LogP contribution in [0.15, 0.2) is 97.7 Å². The summed E-state index contributed by atoms with van der Waals surface area (Å²) in [6.07, 6.45) is 3.42. The molecule has 0 saturated heterocycles. The summed E-state index contributed by atoms with van der Waals surface area (Å²) < 4.78 is 10.8. The van der Waals surface area contributed by atoms with E-state index in [0.29, 0.717) is 16.2 Å². The van der Waals surface area contributed by atoms with Crippen molar-refractivity contribution in [2.24, 2.45) is 17.1 Å². The largest absolute Gasteiger partial charge is 0.463 e. The van der Waals surface area contributed by atoms with Crippen LogP contribution in [0.1, 0.15) is 16.8 Å². The second-order valence-corrected chi connectivity index (χ2v) is 8.65. The lowest BCUT2D eigenvalue weighted by molar-refractivity contribution is 0.575. The van der Waals surface area contributed by atoms with E-state index in [1.54, 1.807) is 21.8 Å². The zero-order chi connectivity index (χ0) is 23.7. The number of hydrogen-bond donors (Lipinski definition) is 0. The molecule has 0 radical (unpaired) electrons. The predicted octanol–water partition coefficient (Wildman–Crippen LogP) is 5.03. The van der Waals surface area contributed by atoms with Crippen molar-refractivity contribution in [3.05, 3.63) is 110 Å². The summed E-state index contributed by atoms with van der Waals surface area (Å²) in [5.74, 6) is 0.672. The van der Waals surface area contributed by atoms with Crippen molar-refractivity contribution in [3.63, 3.8) is 0 Å². The normalized spacial score (nSPS) is 12.1. The van der Waals surface area contributed by atoms with Crippen LogP contribution in [0.3, 0.4) is 0 Å². The van der Waals surface area contributed by atoms with Gasteiger partial charge >= 0.3 is 0 Å². The Bertz CT molecular complexity index is 1600. The maximum absolute atomic E-state index is 13.4. The molecule has 0 saturated carbocycles. The first-order chi connectivity index (χ1) is 16.5. The van der Waals surface area contributed by atoms with Gasteiger partial charge in [-0.3, -0.25) is 9.48 Å². The fraction of sp³-hybridized carbons (Fsp3) is 0.115. The topological polar surface area (TPSA) is 69.7 Å². The molecule has 0 unspecified atom stereocenters. The second-order valence-electron chi connectivity index (χ2n) is 7.82. The molecule has 34 heavy (non-hydrogen) atoms. The molecule has 5 rings (SSSR count). The number of para-hydroxylation sites is 1. The molecule has 0 spiro atoms. The van der Waals surface area contributed by atoms with Gasteiger partial charge in [-0.15, -0.1) is 11.3 Å². The van der Waals surface area contributed by atoms with Gasteiger partial charge in [-0.2, -0.15) is 5.10 Å². The zero-order valence-electron chi connectivity index (χ0n) is 19.0. The summed E-state index contributed by atoms with van der Waals surface area (Å²) in [7, 11) is 1.86. The fourth-order valence-electron chi connectivity index (χ4n) is 3.71. The molecule has 7 nitrogen and oxygen atoms in total. The maximum atomic E-state index is 13.4. The average Bonchev–Trinajstić information content (AvgIpc) is 3.56. The minimum atomic E-state index is -0.186. The molecule has 170 valence electrons. The Morgan fingerprint density at radius 3 is 2.47 bits per heavy atom. The summed E-state index contributed by atoms with van der Waals surface area (Å²) in [6, 6.07) is 21.3. The monoisotopic (exact) mass is 469 g/mol. The number of furan rings is 1. The van der Waals surface area contributed by atoms with Crippen molar-refractivity contribution in [3.8, 4) is 17.1 Å². The smallest absolute Gasteiger partial charge is 0.297 e. The first-order valence-electron chi connectivity index (χ1n) is 10.8. The Hall–Kier alpha value is -4.17. The highest BCUT2D eigenvalue weighted by molar-refractivity contribution is 7.07. The van der Waals surface area contributed by atoms with Crippen LogP contribution < -0.4 is 10.4 Å². The van der Waals surface area contributed by atoms with Gasteiger partial charge in [0.15, 0.2) is 11.4 Å². The van der Waals surface area contributed by atoms with Crippen LogP contribution in [0.5, 0.6) is 0 Å². The summed E-state index contributed by atoms with van der Waals surface area (Å²) in [5, 5.41) is 6.66. The van der Waals surface area contributed by atoms with E-state index >= 15 is 0 Å². The minimum absolute atomic E-state index is 0.186. The Labute approximate surface area is 200 Å². The molecule has 5 aromatic rings. The van der Waals surface area contributed by atoms with Crippen molar-refractivity contribution >= 4 is 23.2 Å². The molecule has 0 aliphatic carbocycles. The van der Waals surface area contributed by atoms with Gasteiger partial charge in [0.25, 0.3) is 5.56 Å². The van der Waals surface area contributed by atoms with Gasteiger partial charge in [0, 0.05) is 12.4 Å². The first kappa shape index (κ1) is 21.7. The number of aromatic nitrogens is 3. The van der Waals surface area contributed by atoms with Gasteiger partial charge in [-0.05, 0) is 49.2 Å². The standard InChI is InChI=1S/C26H23N5O2S/c1-18-10-7-8-11-20(18)16-27-30-22(23-14-9-15-33-23)17-34-26(30)28-24-19(2)29(3)31(25(24)32)21-12-5-4-6-13-21/h4-17H,1-3H3. The van der Waals surface area contributed by atoms with Gasteiger partial charge in [0.05, 0.1) is 23.9 Å². The number of benzene rings is 2. The van der Waals surface area contributed by atoms with E-state index in [9.17, 15) is 4.79 Å². The lowest BCUT2D eigenvalue weighted by Gasteiger charge is -2.07. The van der Waals surface area contributed by atoms with Crippen molar-refractivity contribution in [2.45, 2.75) is 13.8 Å². The molecule has 3 aromatic heterocycles. The lowest BCUT2D eigenvalue weighted by Crippen LogP contribution is -2.19. The lowest BCUT2D eigenvalue weighted by atomic mass is 10.1. The summed E-state index contributed by atoms with van der Waals surface area (Å²) in [6.45, 7) is 3.93. The van der Waals surface area contributed by atoms with Crippen LogP contribution in [-0.2, 0) is 7.05 Å². The van der Waals surface area contributed by atoms with Crippen LogP contribution in [0, 0.1) is 13.8 Å². The third-order valence-electron chi connectivity index (χ3n) is 5.69. The first-order valence-corrected chi connectivity index (χ1v) is 11.7. The molecule has 3 heterocycles. The van der Waals surface area contributed by atoms with Crippen molar-refractivity contribution in [1.82, 2.24) is 14.0 Å². The minimum Gasteiger partial charge on any atom is -0.463 e. The molecular formula is C26H23N5O2S. The van der Waals surface area contributed by atoms with Gasteiger partial charge in [-0.1, -0.05) is 42.5 Å². The molecule has 8 heteroatoms. The molecule has 0 atom stereocenters. The molecule has 0 fully saturated rings. The number of hydrogen-bond acceptors (Lipinski definition) is 5. The van der Waals surface area contributed by atoms with E-state index < -0.39 is 0 Å². The van der Waals surface area contributed by atoms with Crippen LogP contribution in [0.2, 0.25) is 0 Å². The van der Waals surface area contributed by atoms with Crippen molar-refractivity contribution in [1.29, 1.82) is 0 Å². The highest BCUT2D eigenvalue weighted by atomic mass is 32.1. The van der Waals surface area contributed by atoms with Crippen molar-refractivity contribution in [2.75, 3.05) is 0 Å². The predicted molar refractivity (Wildman–Crippen MR) is 135 cm³/mol. The quantitative estimate of drug-likeness (QED) is 0.339. The fourth-order valence-corrected chi connectivity index (χ4v) is 4.54. The van der Waals surface area contributed by atoms with Gasteiger partial charge in [0.1, 0.15) is 5.69 Å². The van der Waals surface area contributed by atoms with E-state index in [2.05, 4.69) is 0 Å². The van der Waals surface area contributed by atoms with Crippen molar-refractivity contribution < 1.29 is 4.42 Å². The van der Waals surface area contributed by atoms with Gasteiger partial charge in [0.2, 0.25) is 4.80 Å². The molecule has 0 aliphatic heterocycles. The van der Waals surface area contributed by atoms with E-state index in [4.69, 9.17) is 14.5 Å². The van der Waals surface area contributed by atoms with E-state index in [1.807, 2.05) is 97.7 Å². The molecule has 0 bridgehead atoms. The average molecular weight is 470 g/mol. The summed E-state index contributed by atoms with van der Waals surface area (Å²) in [5.41, 5.74) is 4.61. The van der Waals surface area contributed by atoms with Crippen LogP contribution in [0.25, 0.3) is 17.1 Å². The Kier molecular flexibility index (Phi) is 5.73. The highest BCUT2D eigenvalue weighted by Gasteiger charge is 2.17. The molecule has 0 amide bonds. The Balaban J connectivity index is 1.69. The third kappa shape index (κ3) is 3.88. The number of rotatable bonds is 5. The van der Waals surface area contributed by atoms with Crippen LogP contribution in [-0.4, -0.2) is 20.3 Å². The maximum Gasteiger partial charge on any atom is 0.297 e. The van der Waals surface area contributed by atoms with Gasteiger partial charge in [-0.25, -0.2) is 14.4 Å².